The standard InChI is InChI=1S/C17H17N/c1-3-13-9-8-11-15(14(13)4-2)16-10-6-5-7-12-17(16)18/h3-5,7-12H,1-2,6,18H2. The maximum Gasteiger partial charge on any atom is 0.0390 e. The van der Waals surface area contributed by atoms with Crippen molar-refractivity contribution in [2.75, 3.05) is 0 Å². The Morgan fingerprint density at radius 2 is 2.00 bits per heavy atom. The van der Waals surface area contributed by atoms with Crippen LogP contribution >= 0.6 is 0 Å². The van der Waals surface area contributed by atoms with Gasteiger partial charge in [-0.15, -0.1) is 0 Å². The highest BCUT2D eigenvalue weighted by Crippen LogP contribution is 2.29. The first-order valence-electron chi connectivity index (χ1n) is 5.99. The normalized spacial score (nSPS) is 14.4. The lowest BCUT2D eigenvalue weighted by Crippen LogP contribution is -2.02. The number of benzene rings is 1. The second-order valence-electron chi connectivity index (χ2n) is 4.12. The summed E-state index contributed by atoms with van der Waals surface area (Å²) < 4.78 is 0. The van der Waals surface area contributed by atoms with Gasteiger partial charge >= 0.3 is 0 Å². The molecule has 0 radical (unpaired) electrons. The van der Waals surface area contributed by atoms with Crippen molar-refractivity contribution in [2.45, 2.75) is 6.42 Å². The predicted molar refractivity (Wildman–Crippen MR) is 80.6 cm³/mol. The van der Waals surface area contributed by atoms with Gasteiger partial charge in [0.15, 0.2) is 0 Å². The zero-order valence-electron chi connectivity index (χ0n) is 10.4. The second kappa shape index (κ2) is 5.37. The van der Waals surface area contributed by atoms with E-state index in [0.717, 1.165) is 34.4 Å². The highest BCUT2D eigenvalue weighted by atomic mass is 14.6. The van der Waals surface area contributed by atoms with Crippen LogP contribution in [0.2, 0.25) is 0 Å². The third kappa shape index (κ3) is 2.21. The van der Waals surface area contributed by atoms with Crippen LogP contribution in [0.4, 0.5) is 0 Å². The molecular weight excluding hydrogens is 218 g/mol. The first kappa shape index (κ1) is 12.2. The topological polar surface area (TPSA) is 26.0 Å². The Kier molecular flexibility index (Phi) is 3.63. The smallest absolute Gasteiger partial charge is 0.0390 e. The van der Waals surface area contributed by atoms with Gasteiger partial charge in [0.25, 0.3) is 0 Å². The molecule has 0 fully saturated rings. The summed E-state index contributed by atoms with van der Waals surface area (Å²) in [5.74, 6) is 0. The zero-order chi connectivity index (χ0) is 13.0. The van der Waals surface area contributed by atoms with Crippen LogP contribution in [-0.2, 0) is 0 Å². The molecule has 0 spiro atoms. The minimum atomic E-state index is 0.785. The fourth-order valence-corrected chi connectivity index (χ4v) is 2.13. The Morgan fingerprint density at radius 1 is 1.17 bits per heavy atom. The quantitative estimate of drug-likeness (QED) is 0.836. The molecular formula is C17H17N. The van der Waals surface area contributed by atoms with Crippen molar-refractivity contribution in [1.29, 1.82) is 0 Å². The number of rotatable bonds is 3. The van der Waals surface area contributed by atoms with Crippen LogP contribution in [0.1, 0.15) is 23.1 Å². The summed E-state index contributed by atoms with van der Waals surface area (Å²) in [6, 6.07) is 6.12. The third-order valence-corrected chi connectivity index (χ3v) is 3.03. The van der Waals surface area contributed by atoms with Gasteiger partial charge in [0.1, 0.15) is 0 Å². The molecule has 0 aromatic heterocycles. The lowest BCUT2D eigenvalue weighted by Gasteiger charge is -2.13. The minimum absolute atomic E-state index is 0.785. The number of nitrogens with two attached hydrogens (primary N) is 1. The Bertz CT molecular complexity index is 571. The molecule has 0 saturated carbocycles. The Morgan fingerprint density at radius 3 is 2.72 bits per heavy atom. The molecule has 0 unspecified atom stereocenters. The molecule has 0 atom stereocenters. The van der Waals surface area contributed by atoms with Gasteiger partial charge in [-0.05, 0) is 29.2 Å². The van der Waals surface area contributed by atoms with Crippen molar-refractivity contribution >= 4 is 17.7 Å². The average molecular weight is 235 g/mol. The lowest BCUT2D eigenvalue weighted by atomic mass is 9.93. The fraction of sp³-hybridized carbons (Fsp3) is 0.0588. The monoisotopic (exact) mass is 235 g/mol. The van der Waals surface area contributed by atoms with Gasteiger partial charge < -0.3 is 5.73 Å². The highest BCUT2D eigenvalue weighted by Gasteiger charge is 2.10. The number of allylic oxidation sites excluding steroid dienone is 5. The fourth-order valence-electron chi connectivity index (χ4n) is 2.13. The molecule has 1 aliphatic carbocycles. The van der Waals surface area contributed by atoms with Crippen molar-refractivity contribution in [3.8, 4) is 0 Å². The Labute approximate surface area is 108 Å². The molecule has 0 bridgehead atoms. The van der Waals surface area contributed by atoms with E-state index in [4.69, 9.17) is 5.73 Å². The summed E-state index contributed by atoms with van der Waals surface area (Å²) in [6.45, 7) is 7.73. The van der Waals surface area contributed by atoms with Crippen molar-refractivity contribution in [2.24, 2.45) is 5.73 Å². The van der Waals surface area contributed by atoms with Crippen molar-refractivity contribution in [1.82, 2.24) is 0 Å². The maximum absolute atomic E-state index is 6.11. The van der Waals surface area contributed by atoms with Gasteiger partial charge in [-0.1, -0.05) is 61.7 Å². The molecule has 1 aromatic carbocycles. The van der Waals surface area contributed by atoms with Crippen molar-refractivity contribution < 1.29 is 0 Å². The van der Waals surface area contributed by atoms with Crippen LogP contribution in [0.25, 0.3) is 17.7 Å². The van der Waals surface area contributed by atoms with E-state index in [2.05, 4.69) is 31.4 Å². The zero-order valence-corrected chi connectivity index (χ0v) is 10.4. The van der Waals surface area contributed by atoms with Crippen molar-refractivity contribution in [3.63, 3.8) is 0 Å². The minimum Gasteiger partial charge on any atom is -0.398 e. The third-order valence-electron chi connectivity index (χ3n) is 3.03. The summed E-state index contributed by atoms with van der Waals surface area (Å²) in [7, 11) is 0. The van der Waals surface area contributed by atoms with Gasteiger partial charge in [-0.3, -0.25) is 0 Å². The lowest BCUT2D eigenvalue weighted by molar-refractivity contribution is 1.37. The van der Waals surface area contributed by atoms with Crippen molar-refractivity contribution in [3.05, 3.63) is 78.0 Å². The largest absolute Gasteiger partial charge is 0.398 e. The van der Waals surface area contributed by atoms with E-state index >= 15 is 0 Å². The molecule has 0 saturated heterocycles. The molecule has 0 aliphatic heterocycles. The second-order valence-corrected chi connectivity index (χ2v) is 4.12. The van der Waals surface area contributed by atoms with E-state index in [0.29, 0.717) is 0 Å². The molecule has 2 rings (SSSR count). The van der Waals surface area contributed by atoms with E-state index in [1.807, 2.05) is 36.4 Å². The summed E-state index contributed by atoms with van der Waals surface area (Å²) in [5.41, 5.74) is 11.2. The van der Waals surface area contributed by atoms with Crippen LogP contribution < -0.4 is 5.73 Å². The average Bonchev–Trinajstić information content (AvgIpc) is 2.62. The molecule has 0 heterocycles. The van der Waals surface area contributed by atoms with Gasteiger partial charge in [-0.2, -0.15) is 0 Å². The molecule has 1 aromatic rings. The molecule has 1 nitrogen and oxygen atoms in total. The highest BCUT2D eigenvalue weighted by molar-refractivity contribution is 5.86. The molecule has 0 amide bonds. The van der Waals surface area contributed by atoms with E-state index in [1.165, 1.54) is 0 Å². The summed E-state index contributed by atoms with van der Waals surface area (Å²) >= 11 is 0. The number of hydrogen-bond donors (Lipinski definition) is 1. The van der Waals surface area contributed by atoms with E-state index in [1.54, 1.807) is 0 Å². The Hall–Kier alpha value is -2.28. The van der Waals surface area contributed by atoms with E-state index < -0.39 is 0 Å². The first-order valence-corrected chi connectivity index (χ1v) is 5.99. The van der Waals surface area contributed by atoms with Crippen LogP contribution in [-0.4, -0.2) is 0 Å². The Balaban J connectivity index is 2.61. The summed E-state index contributed by atoms with van der Waals surface area (Å²) in [5, 5.41) is 0. The van der Waals surface area contributed by atoms with Crippen LogP contribution in [0.5, 0.6) is 0 Å². The van der Waals surface area contributed by atoms with Gasteiger partial charge in [0.05, 0.1) is 0 Å². The molecule has 1 aliphatic rings. The summed E-state index contributed by atoms with van der Waals surface area (Å²) in [4.78, 5) is 0. The molecule has 18 heavy (non-hydrogen) atoms. The molecule has 2 N–H and O–H groups in total. The predicted octanol–water partition coefficient (Wildman–Crippen LogP) is 4.16. The maximum atomic E-state index is 6.11. The molecule has 90 valence electrons. The van der Waals surface area contributed by atoms with Gasteiger partial charge in [0, 0.05) is 11.3 Å². The van der Waals surface area contributed by atoms with E-state index in [-0.39, 0.29) is 0 Å². The van der Waals surface area contributed by atoms with Crippen LogP contribution in [0.15, 0.2) is 61.4 Å². The SMILES string of the molecule is C=Cc1cccc(C2=CCC=CC=C2N)c1C=C. The van der Waals surface area contributed by atoms with Gasteiger partial charge in [0.2, 0.25) is 0 Å². The molecule has 1 heteroatoms. The van der Waals surface area contributed by atoms with Gasteiger partial charge in [-0.25, -0.2) is 0 Å². The summed E-state index contributed by atoms with van der Waals surface area (Å²) in [6.07, 6.45) is 12.8. The number of hydrogen-bond acceptors (Lipinski definition) is 1. The van der Waals surface area contributed by atoms with Crippen LogP contribution in [0.3, 0.4) is 0 Å². The van der Waals surface area contributed by atoms with Crippen LogP contribution in [0, 0.1) is 0 Å². The van der Waals surface area contributed by atoms with E-state index in [9.17, 15) is 0 Å². The first-order chi connectivity index (χ1) is 8.77.